The highest BCUT2D eigenvalue weighted by Gasteiger charge is 2.45. The van der Waals surface area contributed by atoms with Crippen LogP contribution in [0.1, 0.15) is 104 Å². The molecule has 0 radical (unpaired) electrons. The molecule has 1 aliphatic carbocycles. The minimum Gasteiger partial charge on any atom is -0.444 e. The van der Waals surface area contributed by atoms with Crippen LogP contribution in [-0.4, -0.2) is 76.5 Å². The molecule has 1 atom stereocenters. The highest BCUT2D eigenvalue weighted by atomic mass is 16.6. The molecule has 39 heavy (non-hydrogen) atoms. The minimum absolute atomic E-state index is 0.100. The summed E-state index contributed by atoms with van der Waals surface area (Å²) in [5.74, 6) is -1.68. The summed E-state index contributed by atoms with van der Waals surface area (Å²) < 4.78 is 11.9. The monoisotopic (exact) mass is 539 g/mol. The average molecular weight is 540 g/mol. The third-order valence-electron chi connectivity index (χ3n) is 8.09. The average Bonchev–Trinajstić information content (AvgIpc) is 3.13. The number of imide groups is 2. The van der Waals surface area contributed by atoms with Crippen LogP contribution in [0.25, 0.3) is 0 Å². The van der Waals surface area contributed by atoms with E-state index in [1.807, 2.05) is 26.8 Å². The molecule has 10 heteroatoms. The predicted octanol–water partition coefficient (Wildman–Crippen LogP) is 3.53. The van der Waals surface area contributed by atoms with Crippen LogP contribution in [0, 0.1) is 0 Å². The first-order chi connectivity index (χ1) is 18.5. The number of hydrogen-bond acceptors (Lipinski definition) is 7. The van der Waals surface area contributed by atoms with Gasteiger partial charge in [-0.25, -0.2) is 4.79 Å². The van der Waals surface area contributed by atoms with Gasteiger partial charge >= 0.3 is 6.09 Å². The van der Waals surface area contributed by atoms with Gasteiger partial charge in [-0.15, -0.1) is 0 Å². The number of likely N-dealkylation sites (tertiary alicyclic amines) is 1. The van der Waals surface area contributed by atoms with Gasteiger partial charge in [0.1, 0.15) is 11.6 Å². The summed E-state index contributed by atoms with van der Waals surface area (Å²) >= 11 is 0. The molecule has 5 rings (SSSR count). The topological polar surface area (TPSA) is 122 Å². The van der Waals surface area contributed by atoms with Gasteiger partial charge in [0, 0.05) is 19.5 Å². The number of hydrogen-bond donors (Lipinski definition) is 1. The minimum atomic E-state index is -0.956. The van der Waals surface area contributed by atoms with E-state index in [2.05, 4.69) is 5.32 Å². The third kappa shape index (κ3) is 5.85. The van der Waals surface area contributed by atoms with E-state index in [9.17, 15) is 24.0 Å². The van der Waals surface area contributed by atoms with Crippen LogP contribution in [0.5, 0.6) is 0 Å². The first-order valence-electron chi connectivity index (χ1n) is 14.0. The quantitative estimate of drug-likeness (QED) is 0.581. The van der Waals surface area contributed by atoms with Crippen molar-refractivity contribution in [3.63, 3.8) is 0 Å². The van der Waals surface area contributed by atoms with E-state index in [0.717, 1.165) is 49.0 Å². The first kappa shape index (κ1) is 27.3. The second-order valence-electron chi connectivity index (χ2n) is 12.0. The SMILES string of the molecule is CC(C)(C)OC(=O)N1CCC(OC2CCC(c3ccc4c(c3)C(=O)N(C3CCC(=O)NC3=O)C4=O)CC2)CC1. The molecular weight excluding hydrogens is 502 g/mol. The molecule has 3 fully saturated rings. The Morgan fingerprint density at radius 1 is 0.872 bits per heavy atom. The summed E-state index contributed by atoms with van der Waals surface area (Å²) in [7, 11) is 0. The smallest absolute Gasteiger partial charge is 0.410 e. The molecule has 1 aromatic carbocycles. The second kappa shape index (κ2) is 10.7. The molecule has 5 amide bonds. The Bertz CT molecular complexity index is 1170. The van der Waals surface area contributed by atoms with Gasteiger partial charge in [0.2, 0.25) is 11.8 Å². The number of piperidine rings is 2. The van der Waals surface area contributed by atoms with E-state index < -0.39 is 29.4 Å². The Morgan fingerprint density at radius 2 is 1.51 bits per heavy atom. The lowest BCUT2D eigenvalue weighted by molar-refractivity contribution is -0.136. The molecule has 210 valence electrons. The number of carbonyl (C=O) groups is 5. The Morgan fingerprint density at radius 3 is 2.15 bits per heavy atom. The van der Waals surface area contributed by atoms with Gasteiger partial charge < -0.3 is 14.4 Å². The van der Waals surface area contributed by atoms with E-state index in [1.54, 1.807) is 17.0 Å². The Labute approximate surface area is 228 Å². The van der Waals surface area contributed by atoms with E-state index in [0.29, 0.717) is 24.2 Å². The zero-order valence-corrected chi connectivity index (χ0v) is 22.9. The lowest BCUT2D eigenvalue weighted by atomic mass is 9.82. The largest absolute Gasteiger partial charge is 0.444 e. The zero-order chi connectivity index (χ0) is 27.9. The van der Waals surface area contributed by atoms with Gasteiger partial charge in [-0.3, -0.25) is 29.4 Å². The highest BCUT2D eigenvalue weighted by molar-refractivity contribution is 6.23. The maximum atomic E-state index is 13.2. The number of rotatable bonds is 4. The number of benzene rings is 1. The van der Waals surface area contributed by atoms with E-state index in [4.69, 9.17) is 9.47 Å². The van der Waals surface area contributed by atoms with Gasteiger partial charge in [-0.1, -0.05) is 6.07 Å². The Balaban J connectivity index is 1.13. The summed E-state index contributed by atoms with van der Waals surface area (Å²) in [5, 5.41) is 2.23. The first-order valence-corrected chi connectivity index (χ1v) is 14.0. The van der Waals surface area contributed by atoms with Crippen molar-refractivity contribution < 1.29 is 33.4 Å². The standard InChI is InChI=1S/C29H37N3O7/c1-29(2,3)39-28(37)31-14-12-20(13-15-31)38-19-7-4-17(5-8-19)18-6-9-21-22(16-18)27(36)32(26(21)35)23-10-11-24(33)30-25(23)34/h6,9,16-17,19-20,23H,4-5,7-8,10-15H2,1-3H3,(H,30,33,34). The summed E-state index contributed by atoms with van der Waals surface area (Å²) in [5.41, 5.74) is 1.15. The molecule has 0 bridgehead atoms. The van der Waals surface area contributed by atoms with Gasteiger partial charge in [-0.2, -0.15) is 0 Å². The molecule has 1 aromatic rings. The lowest BCUT2D eigenvalue weighted by Gasteiger charge is -2.36. The van der Waals surface area contributed by atoms with Crippen molar-refractivity contribution in [1.29, 1.82) is 0 Å². The van der Waals surface area contributed by atoms with Crippen LogP contribution in [0.15, 0.2) is 18.2 Å². The highest BCUT2D eigenvalue weighted by Crippen LogP contribution is 2.37. The van der Waals surface area contributed by atoms with E-state index >= 15 is 0 Å². The molecule has 0 aromatic heterocycles. The van der Waals surface area contributed by atoms with Gasteiger partial charge in [-0.05, 0) is 89.3 Å². The van der Waals surface area contributed by atoms with E-state index in [-0.39, 0.29) is 43.0 Å². The molecule has 3 heterocycles. The number of fused-ring (bicyclic) bond motifs is 1. The maximum Gasteiger partial charge on any atom is 0.410 e. The molecule has 1 unspecified atom stereocenters. The fourth-order valence-electron chi connectivity index (χ4n) is 6.05. The molecule has 4 aliphatic rings. The summed E-state index contributed by atoms with van der Waals surface area (Å²) in [6.07, 6.45) is 5.51. The number of amides is 5. The number of nitrogens with one attached hydrogen (secondary N) is 1. The molecule has 1 N–H and O–H groups in total. The second-order valence-corrected chi connectivity index (χ2v) is 12.0. The lowest BCUT2D eigenvalue weighted by Crippen LogP contribution is -2.54. The van der Waals surface area contributed by atoms with Crippen molar-refractivity contribution in [3.8, 4) is 0 Å². The van der Waals surface area contributed by atoms with Crippen molar-refractivity contribution in [2.24, 2.45) is 0 Å². The van der Waals surface area contributed by atoms with Gasteiger partial charge in [0.25, 0.3) is 11.8 Å². The van der Waals surface area contributed by atoms with Crippen LogP contribution < -0.4 is 5.32 Å². The van der Waals surface area contributed by atoms with Crippen LogP contribution in [0.3, 0.4) is 0 Å². The van der Waals surface area contributed by atoms with Crippen molar-refractivity contribution in [1.82, 2.24) is 15.1 Å². The number of ether oxygens (including phenoxy) is 2. The van der Waals surface area contributed by atoms with Crippen molar-refractivity contribution in [2.45, 2.75) is 102 Å². The van der Waals surface area contributed by atoms with Crippen LogP contribution in [0.4, 0.5) is 4.79 Å². The van der Waals surface area contributed by atoms with Crippen LogP contribution in [-0.2, 0) is 19.1 Å². The van der Waals surface area contributed by atoms with Gasteiger partial charge in [0.15, 0.2) is 0 Å². The molecule has 3 aliphatic heterocycles. The molecule has 10 nitrogen and oxygen atoms in total. The normalized spacial score (nSPS) is 26.5. The summed E-state index contributed by atoms with van der Waals surface area (Å²) in [6, 6.07) is 4.45. The summed E-state index contributed by atoms with van der Waals surface area (Å²) in [6.45, 7) is 6.87. The van der Waals surface area contributed by atoms with Gasteiger partial charge in [0.05, 0.1) is 23.3 Å². The molecule has 2 saturated heterocycles. The Kier molecular flexibility index (Phi) is 7.50. The molecule has 1 saturated carbocycles. The van der Waals surface area contributed by atoms with Crippen molar-refractivity contribution in [2.75, 3.05) is 13.1 Å². The van der Waals surface area contributed by atoms with Crippen molar-refractivity contribution in [3.05, 3.63) is 34.9 Å². The predicted molar refractivity (Wildman–Crippen MR) is 140 cm³/mol. The summed E-state index contributed by atoms with van der Waals surface area (Å²) in [4.78, 5) is 65.0. The zero-order valence-electron chi connectivity index (χ0n) is 22.9. The van der Waals surface area contributed by atoms with Crippen molar-refractivity contribution >= 4 is 29.7 Å². The van der Waals surface area contributed by atoms with E-state index in [1.165, 1.54) is 0 Å². The van der Waals surface area contributed by atoms with Crippen LogP contribution in [0.2, 0.25) is 0 Å². The van der Waals surface area contributed by atoms with Crippen LogP contribution >= 0.6 is 0 Å². The number of carbonyl (C=O) groups excluding carboxylic acids is 5. The number of nitrogens with zero attached hydrogens (tertiary/aromatic N) is 2. The molecular formula is C29H37N3O7. The Hall–Kier alpha value is -3.27. The fourth-order valence-corrected chi connectivity index (χ4v) is 6.05. The maximum absolute atomic E-state index is 13.2. The third-order valence-corrected chi connectivity index (χ3v) is 8.09. The molecule has 0 spiro atoms. The fraction of sp³-hybridized carbons (Fsp3) is 0.621.